The van der Waals surface area contributed by atoms with Gasteiger partial charge in [0.1, 0.15) is 0 Å². The van der Waals surface area contributed by atoms with E-state index in [-0.39, 0.29) is 25.0 Å². The molecule has 0 N–H and O–H groups in total. The quantitative estimate of drug-likeness (QED) is 0.456. The molecule has 0 saturated carbocycles. The van der Waals surface area contributed by atoms with Crippen molar-refractivity contribution in [3.8, 4) is 0 Å². The van der Waals surface area contributed by atoms with Crippen molar-refractivity contribution >= 4 is 11.8 Å². The minimum Gasteiger partial charge on any atom is -0.471 e. The summed E-state index contributed by atoms with van der Waals surface area (Å²) in [4.78, 5) is 25.0. The smallest absolute Gasteiger partial charge is 0.265 e. The first-order valence-corrected chi connectivity index (χ1v) is 5.53. The zero-order chi connectivity index (χ0) is 13.1. The minimum atomic E-state index is -0.864. The lowest BCUT2D eigenvalue weighted by Crippen LogP contribution is -2.31. The predicted molar refractivity (Wildman–Crippen MR) is 62.6 cm³/mol. The van der Waals surface area contributed by atoms with Crippen molar-refractivity contribution in [2.75, 3.05) is 13.2 Å². The lowest BCUT2D eigenvalue weighted by molar-refractivity contribution is 0.0634. The normalized spacial score (nSPS) is 13.7. The van der Waals surface area contributed by atoms with Crippen LogP contribution in [-0.2, 0) is 4.74 Å². The third-order valence-electron chi connectivity index (χ3n) is 2.66. The molecule has 0 saturated heterocycles. The molecule has 18 heavy (non-hydrogen) atoms. The minimum absolute atomic E-state index is 0.0861. The van der Waals surface area contributed by atoms with Gasteiger partial charge in [-0.05, 0) is 25.1 Å². The SMILES string of the molecule is C=C(F)OCCCN1C(=O)c2ccccc2C1=O. The summed E-state index contributed by atoms with van der Waals surface area (Å²) in [7, 11) is 0. The van der Waals surface area contributed by atoms with E-state index < -0.39 is 6.01 Å². The molecule has 2 amide bonds. The molecule has 1 aliphatic heterocycles. The monoisotopic (exact) mass is 249 g/mol. The molecule has 94 valence electrons. The number of nitrogens with zero attached hydrogens (tertiary/aromatic N) is 1. The average molecular weight is 249 g/mol. The molecule has 0 spiro atoms. The van der Waals surface area contributed by atoms with Crippen LogP contribution in [0.15, 0.2) is 36.9 Å². The number of halogens is 1. The van der Waals surface area contributed by atoms with Gasteiger partial charge in [0, 0.05) is 6.54 Å². The number of amides is 2. The van der Waals surface area contributed by atoms with Gasteiger partial charge in [-0.1, -0.05) is 12.1 Å². The van der Waals surface area contributed by atoms with E-state index in [2.05, 4.69) is 11.3 Å². The summed E-state index contributed by atoms with van der Waals surface area (Å²) >= 11 is 0. The van der Waals surface area contributed by atoms with Crippen LogP contribution in [0.5, 0.6) is 0 Å². The summed E-state index contributed by atoms with van der Waals surface area (Å²) < 4.78 is 16.7. The van der Waals surface area contributed by atoms with Crippen molar-refractivity contribution in [1.29, 1.82) is 0 Å². The summed E-state index contributed by atoms with van der Waals surface area (Å²) in [5.74, 6) is -0.621. The molecule has 0 aliphatic carbocycles. The Morgan fingerprint density at radius 1 is 1.22 bits per heavy atom. The first kappa shape index (κ1) is 12.3. The van der Waals surface area contributed by atoms with Gasteiger partial charge >= 0.3 is 0 Å². The van der Waals surface area contributed by atoms with Gasteiger partial charge < -0.3 is 4.74 Å². The Hall–Kier alpha value is -2.17. The molecule has 4 nitrogen and oxygen atoms in total. The number of carbonyl (C=O) groups is 2. The highest BCUT2D eigenvalue weighted by molar-refractivity contribution is 6.21. The maximum absolute atomic E-state index is 12.2. The number of benzene rings is 1. The highest BCUT2D eigenvalue weighted by Crippen LogP contribution is 2.22. The fraction of sp³-hybridized carbons (Fsp3) is 0.231. The number of hydrogen-bond donors (Lipinski definition) is 0. The fourth-order valence-corrected chi connectivity index (χ4v) is 1.85. The van der Waals surface area contributed by atoms with Gasteiger partial charge in [0.15, 0.2) is 0 Å². The summed E-state index contributed by atoms with van der Waals surface area (Å²) in [5.41, 5.74) is 0.830. The van der Waals surface area contributed by atoms with Crippen LogP contribution in [0.1, 0.15) is 27.1 Å². The fourth-order valence-electron chi connectivity index (χ4n) is 1.85. The molecule has 0 atom stereocenters. The Morgan fingerprint density at radius 2 is 1.78 bits per heavy atom. The number of hydrogen-bond acceptors (Lipinski definition) is 3. The molecule has 2 rings (SSSR count). The van der Waals surface area contributed by atoms with Gasteiger partial charge in [0.25, 0.3) is 17.8 Å². The van der Waals surface area contributed by atoms with Gasteiger partial charge in [-0.25, -0.2) is 0 Å². The van der Waals surface area contributed by atoms with E-state index in [0.29, 0.717) is 17.5 Å². The zero-order valence-electron chi connectivity index (χ0n) is 9.69. The second-order valence-corrected chi connectivity index (χ2v) is 3.86. The molecule has 1 heterocycles. The van der Waals surface area contributed by atoms with Crippen molar-refractivity contribution in [3.05, 3.63) is 48.0 Å². The van der Waals surface area contributed by atoms with E-state index in [0.717, 1.165) is 4.90 Å². The molecule has 0 unspecified atom stereocenters. The first-order chi connectivity index (χ1) is 8.61. The predicted octanol–water partition coefficient (Wildman–Crippen LogP) is 2.13. The molecule has 0 bridgehead atoms. The zero-order valence-corrected chi connectivity index (χ0v) is 9.69. The summed E-state index contributed by atoms with van der Waals surface area (Å²) in [6.45, 7) is 3.24. The van der Waals surface area contributed by atoms with Crippen LogP contribution >= 0.6 is 0 Å². The number of carbonyl (C=O) groups excluding carboxylic acids is 2. The van der Waals surface area contributed by atoms with Crippen LogP contribution in [0.3, 0.4) is 0 Å². The van der Waals surface area contributed by atoms with Crippen molar-refractivity contribution in [3.63, 3.8) is 0 Å². The van der Waals surface area contributed by atoms with E-state index >= 15 is 0 Å². The first-order valence-electron chi connectivity index (χ1n) is 5.53. The number of imide groups is 1. The number of fused-ring (bicyclic) bond motifs is 1. The average Bonchev–Trinajstić information content (AvgIpc) is 2.59. The summed E-state index contributed by atoms with van der Waals surface area (Å²) in [5, 5.41) is 0. The number of ether oxygens (including phenoxy) is 1. The number of rotatable bonds is 5. The largest absolute Gasteiger partial charge is 0.471 e. The van der Waals surface area contributed by atoms with Crippen LogP contribution in [0.25, 0.3) is 0 Å². The van der Waals surface area contributed by atoms with Gasteiger partial charge in [-0.15, -0.1) is 0 Å². The Bertz CT molecular complexity index is 478. The molecule has 0 aromatic heterocycles. The van der Waals surface area contributed by atoms with Crippen LogP contribution in [0.2, 0.25) is 0 Å². The standard InChI is InChI=1S/C13H12FNO3/c1-9(14)18-8-4-7-15-12(16)10-5-2-3-6-11(10)13(15)17/h2-3,5-6H,1,4,7-8H2. The Labute approximate surface area is 104 Å². The summed E-state index contributed by atoms with van der Waals surface area (Å²) in [6, 6.07) is 5.80. The summed E-state index contributed by atoms with van der Waals surface area (Å²) in [6.07, 6.45) is 0.369. The van der Waals surface area contributed by atoms with Crippen molar-refractivity contribution in [1.82, 2.24) is 4.90 Å². The molecule has 1 aromatic rings. The molecule has 5 heteroatoms. The topological polar surface area (TPSA) is 46.6 Å². The van der Waals surface area contributed by atoms with E-state index in [1.54, 1.807) is 24.3 Å². The Balaban J connectivity index is 1.99. The van der Waals surface area contributed by atoms with Crippen molar-refractivity contribution in [2.45, 2.75) is 6.42 Å². The highest BCUT2D eigenvalue weighted by atomic mass is 19.1. The maximum atomic E-state index is 12.2. The van der Waals surface area contributed by atoms with E-state index in [9.17, 15) is 14.0 Å². The molecule has 0 radical (unpaired) electrons. The van der Waals surface area contributed by atoms with Crippen molar-refractivity contribution in [2.24, 2.45) is 0 Å². The van der Waals surface area contributed by atoms with E-state index in [4.69, 9.17) is 0 Å². The highest BCUT2D eigenvalue weighted by Gasteiger charge is 2.34. The maximum Gasteiger partial charge on any atom is 0.265 e. The van der Waals surface area contributed by atoms with Gasteiger partial charge in [-0.3, -0.25) is 14.5 Å². The van der Waals surface area contributed by atoms with E-state index in [1.807, 2.05) is 0 Å². The molecular formula is C13H12FNO3. The lowest BCUT2D eigenvalue weighted by Gasteiger charge is -2.13. The van der Waals surface area contributed by atoms with Crippen LogP contribution in [0, 0.1) is 0 Å². The van der Waals surface area contributed by atoms with Crippen LogP contribution < -0.4 is 0 Å². The Kier molecular flexibility index (Phi) is 3.41. The molecule has 1 aliphatic rings. The second-order valence-electron chi connectivity index (χ2n) is 3.86. The van der Waals surface area contributed by atoms with Gasteiger partial charge in [0.05, 0.1) is 17.7 Å². The Morgan fingerprint density at radius 3 is 2.28 bits per heavy atom. The van der Waals surface area contributed by atoms with Crippen LogP contribution in [-0.4, -0.2) is 29.9 Å². The van der Waals surface area contributed by atoms with E-state index in [1.165, 1.54) is 0 Å². The third-order valence-corrected chi connectivity index (χ3v) is 2.66. The molecule has 0 fully saturated rings. The van der Waals surface area contributed by atoms with Gasteiger partial charge in [-0.2, -0.15) is 4.39 Å². The third kappa shape index (κ3) is 2.25. The second kappa shape index (κ2) is 5.00. The molecular weight excluding hydrogens is 237 g/mol. The molecule has 1 aromatic carbocycles. The van der Waals surface area contributed by atoms with Gasteiger partial charge in [0.2, 0.25) is 0 Å². The lowest BCUT2D eigenvalue weighted by atomic mass is 10.1. The van der Waals surface area contributed by atoms with Crippen molar-refractivity contribution < 1.29 is 18.7 Å². The van der Waals surface area contributed by atoms with Crippen LogP contribution in [0.4, 0.5) is 4.39 Å².